The zero-order valence-corrected chi connectivity index (χ0v) is 8.44. The number of benzene rings is 1. The van der Waals surface area contributed by atoms with Crippen LogP contribution in [0.3, 0.4) is 0 Å². The van der Waals surface area contributed by atoms with Crippen LogP contribution in [-0.2, 0) is 6.18 Å². The molecule has 1 fully saturated rings. The maximum Gasteiger partial charge on any atom is 0.419 e. The zero-order chi connectivity index (χ0) is 11.8. The Labute approximate surface area is 90.5 Å². The molecule has 0 aliphatic carbocycles. The quantitative estimate of drug-likeness (QED) is 0.734. The Bertz CT molecular complexity index is 380. The van der Waals surface area contributed by atoms with Crippen LogP contribution in [0.2, 0.25) is 0 Å². The van der Waals surface area contributed by atoms with E-state index in [0.717, 1.165) is 12.5 Å². The molecule has 16 heavy (non-hydrogen) atoms. The van der Waals surface area contributed by atoms with Crippen molar-refractivity contribution in [1.29, 1.82) is 0 Å². The van der Waals surface area contributed by atoms with E-state index in [9.17, 15) is 17.6 Å². The van der Waals surface area contributed by atoms with Gasteiger partial charge in [-0.15, -0.1) is 0 Å². The molecule has 1 saturated heterocycles. The lowest BCUT2D eigenvalue weighted by molar-refractivity contribution is -0.140. The summed E-state index contributed by atoms with van der Waals surface area (Å²) < 4.78 is 51.3. The molecule has 0 saturated carbocycles. The monoisotopic (exact) mass is 233 g/mol. The Hall–Kier alpha value is -1.10. The number of rotatable bonds is 1. The van der Waals surface area contributed by atoms with E-state index in [-0.39, 0.29) is 11.6 Å². The van der Waals surface area contributed by atoms with Crippen molar-refractivity contribution in [3.8, 4) is 0 Å². The molecule has 5 heteroatoms. The van der Waals surface area contributed by atoms with Gasteiger partial charge in [-0.3, -0.25) is 0 Å². The Morgan fingerprint density at radius 1 is 1.25 bits per heavy atom. The van der Waals surface area contributed by atoms with Crippen molar-refractivity contribution in [3.63, 3.8) is 0 Å². The standard InChI is InChI=1S/C11H11F4N/c12-8-4-1-3-7(9-5-2-6-16-9)10(8)11(13,14)15/h1,3-4,9,16H,2,5-6H2/t9-/m0/s1. The van der Waals surface area contributed by atoms with Crippen LogP contribution in [0.4, 0.5) is 17.6 Å². The number of alkyl halides is 3. The number of hydrogen-bond acceptors (Lipinski definition) is 1. The average molecular weight is 233 g/mol. The van der Waals surface area contributed by atoms with Crippen molar-refractivity contribution in [2.24, 2.45) is 0 Å². The van der Waals surface area contributed by atoms with Crippen molar-refractivity contribution in [2.45, 2.75) is 25.1 Å². The minimum absolute atomic E-state index is 0.0185. The first-order valence-electron chi connectivity index (χ1n) is 5.09. The number of nitrogens with one attached hydrogen (secondary N) is 1. The lowest BCUT2D eigenvalue weighted by Gasteiger charge is -2.18. The summed E-state index contributed by atoms with van der Waals surface area (Å²) in [5.41, 5.74) is -1.11. The summed E-state index contributed by atoms with van der Waals surface area (Å²) >= 11 is 0. The highest BCUT2D eigenvalue weighted by Gasteiger charge is 2.38. The van der Waals surface area contributed by atoms with Gasteiger partial charge in [0.1, 0.15) is 5.82 Å². The molecule has 0 radical (unpaired) electrons. The fraction of sp³-hybridized carbons (Fsp3) is 0.455. The van der Waals surface area contributed by atoms with Gasteiger partial charge in [0.05, 0.1) is 5.56 Å². The Kier molecular flexibility index (Phi) is 2.88. The van der Waals surface area contributed by atoms with Crippen molar-refractivity contribution < 1.29 is 17.6 Å². The van der Waals surface area contributed by atoms with Crippen molar-refractivity contribution in [2.75, 3.05) is 6.54 Å². The third-order valence-electron chi connectivity index (χ3n) is 2.77. The van der Waals surface area contributed by atoms with Gasteiger partial charge < -0.3 is 5.32 Å². The smallest absolute Gasteiger partial charge is 0.310 e. The third kappa shape index (κ3) is 2.04. The second kappa shape index (κ2) is 4.05. The van der Waals surface area contributed by atoms with Crippen molar-refractivity contribution in [3.05, 3.63) is 35.1 Å². The Morgan fingerprint density at radius 3 is 2.56 bits per heavy atom. The van der Waals surface area contributed by atoms with E-state index in [1.165, 1.54) is 12.1 Å². The lowest BCUT2D eigenvalue weighted by Crippen LogP contribution is -2.19. The summed E-state index contributed by atoms with van der Waals surface area (Å²) in [7, 11) is 0. The maximum atomic E-state index is 13.3. The molecule has 1 aliphatic rings. The van der Waals surface area contributed by atoms with Gasteiger partial charge in [0, 0.05) is 6.04 Å². The van der Waals surface area contributed by atoms with Crippen LogP contribution in [0.15, 0.2) is 18.2 Å². The molecule has 0 amide bonds. The topological polar surface area (TPSA) is 12.0 Å². The van der Waals surface area contributed by atoms with Crippen LogP contribution in [-0.4, -0.2) is 6.54 Å². The first-order chi connectivity index (χ1) is 7.50. The normalized spacial score (nSPS) is 21.4. The second-order valence-corrected chi connectivity index (χ2v) is 3.85. The van der Waals surface area contributed by atoms with Gasteiger partial charge >= 0.3 is 6.18 Å². The van der Waals surface area contributed by atoms with Gasteiger partial charge in [0.25, 0.3) is 0 Å². The predicted octanol–water partition coefficient (Wildman–Crippen LogP) is 3.27. The van der Waals surface area contributed by atoms with Gasteiger partial charge in [-0.05, 0) is 31.0 Å². The van der Waals surface area contributed by atoms with Gasteiger partial charge in [-0.25, -0.2) is 4.39 Å². The molecule has 88 valence electrons. The largest absolute Gasteiger partial charge is 0.419 e. The molecule has 1 atom stereocenters. The highest BCUT2D eigenvalue weighted by atomic mass is 19.4. The molecule has 0 unspecified atom stereocenters. The second-order valence-electron chi connectivity index (χ2n) is 3.85. The third-order valence-corrected chi connectivity index (χ3v) is 2.77. The van der Waals surface area contributed by atoms with Crippen LogP contribution in [0.1, 0.15) is 30.0 Å². The maximum absolute atomic E-state index is 13.3. The number of halogens is 4. The molecule has 2 rings (SSSR count). The molecule has 1 aromatic rings. The van der Waals surface area contributed by atoms with E-state index in [1.54, 1.807) is 0 Å². The van der Waals surface area contributed by atoms with Gasteiger partial charge in [0.15, 0.2) is 0 Å². The van der Waals surface area contributed by atoms with Crippen LogP contribution in [0.5, 0.6) is 0 Å². The molecular weight excluding hydrogens is 222 g/mol. The first kappa shape index (κ1) is 11.4. The van der Waals surface area contributed by atoms with Crippen LogP contribution in [0.25, 0.3) is 0 Å². The molecule has 0 aromatic heterocycles. The van der Waals surface area contributed by atoms with Crippen molar-refractivity contribution in [1.82, 2.24) is 5.32 Å². The lowest BCUT2D eigenvalue weighted by atomic mass is 9.98. The molecule has 1 heterocycles. The fourth-order valence-corrected chi connectivity index (χ4v) is 2.08. The van der Waals surface area contributed by atoms with E-state index in [0.29, 0.717) is 13.0 Å². The van der Waals surface area contributed by atoms with E-state index >= 15 is 0 Å². The van der Waals surface area contributed by atoms with E-state index in [2.05, 4.69) is 5.32 Å². The molecule has 1 aromatic carbocycles. The first-order valence-corrected chi connectivity index (χ1v) is 5.09. The summed E-state index contributed by atoms with van der Waals surface area (Å²) in [6.45, 7) is 0.679. The molecule has 1 aliphatic heterocycles. The molecule has 1 nitrogen and oxygen atoms in total. The van der Waals surface area contributed by atoms with Gasteiger partial charge in [0.2, 0.25) is 0 Å². The highest BCUT2D eigenvalue weighted by Crippen LogP contribution is 2.38. The van der Waals surface area contributed by atoms with Crippen LogP contribution in [0, 0.1) is 5.82 Å². The van der Waals surface area contributed by atoms with E-state index in [1.807, 2.05) is 0 Å². The Morgan fingerprint density at radius 2 is 2.00 bits per heavy atom. The average Bonchev–Trinajstić information content (AvgIpc) is 2.67. The minimum atomic E-state index is -4.63. The zero-order valence-electron chi connectivity index (χ0n) is 8.44. The SMILES string of the molecule is Fc1cccc([C@@H]2CCCN2)c1C(F)(F)F. The summed E-state index contributed by atoms with van der Waals surface area (Å²) in [5.74, 6) is -1.20. The molecule has 0 spiro atoms. The summed E-state index contributed by atoms with van der Waals surface area (Å²) in [5, 5.41) is 2.95. The molecule has 1 N–H and O–H groups in total. The molecular formula is C11H11F4N. The summed E-state index contributed by atoms with van der Waals surface area (Å²) in [6, 6.07) is 3.13. The summed E-state index contributed by atoms with van der Waals surface area (Å²) in [4.78, 5) is 0. The predicted molar refractivity (Wildman–Crippen MR) is 51.4 cm³/mol. The van der Waals surface area contributed by atoms with Crippen LogP contribution >= 0.6 is 0 Å². The van der Waals surface area contributed by atoms with Crippen molar-refractivity contribution >= 4 is 0 Å². The molecule has 0 bridgehead atoms. The van der Waals surface area contributed by atoms with Gasteiger partial charge in [-0.1, -0.05) is 12.1 Å². The van der Waals surface area contributed by atoms with Gasteiger partial charge in [-0.2, -0.15) is 13.2 Å². The van der Waals surface area contributed by atoms with E-state index in [4.69, 9.17) is 0 Å². The number of hydrogen-bond donors (Lipinski definition) is 1. The fourth-order valence-electron chi connectivity index (χ4n) is 2.08. The van der Waals surface area contributed by atoms with E-state index < -0.39 is 17.6 Å². The summed E-state index contributed by atoms with van der Waals surface area (Å²) in [6.07, 6.45) is -3.20. The Balaban J connectivity index is 2.47. The minimum Gasteiger partial charge on any atom is -0.310 e. The highest BCUT2D eigenvalue weighted by molar-refractivity contribution is 5.34. The van der Waals surface area contributed by atoms with Crippen LogP contribution < -0.4 is 5.32 Å².